The minimum absolute atomic E-state index is 0.0174. The van der Waals surface area contributed by atoms with Crippen LogP contribution in [0.4, 0.5) is 13.2 Å². The van der Waals surface area contributed by atoms with Crippen molar-refractivity contribution in [3.05, 3.63) is 58.4 Å². The van der Waals surface area contributed by atoms with Gasteiger partial charge < -0.3 is 14.2 Å². The molecular weight excluding hydrogens is 425 g/mol. The van der Waals surface area contributed by atoms with Crippen molar-refractivity contribution in [1.82, 2.24) is 19.2 Å². The number of carbonyl (C=O) groups excluding carboxylic acids is 2. The summed E-state index contributed by atoms with van der Waals surface area (Å²) < 4.78 is 45.8. The fraction of sp³-hybridized carbons (Fsp3) is 0.316. The van der Waals surface area contributed by atoms with Gasteiger partial charge in [-0.25, -0.2) is 4.98 Å². The molecule has 2 amide bonds. The molecule has 1 saturated heterocycles. The van der Waals surface area contributed by atoms with Crippen molar-refractivity contribution in [2.24, 2.45) is 0 Å². The number of fused-ring (bicyclic) bond motifs is 1. The Labute approximate surface area is 173 Å². The van der Waals surface area contributed by atoms with Gasteiger partial charge in [-0.3, -0.25) is 14.0 Å². The molecule has 0 unspecified atom stereocenters. The summed E-state index contributed by atoms with van der Waals surface area (Å²) >= 11 is 5.99. The van der Waals surface area contributed by atoms with E-state index in [2.05, 4.69) is 4.98 Å². The molecular formula is C19H16ClF3N4O3. The topological polar surface area (TPSA) is 71.1 Å². The lowest BCUT2D eigenvalue weighted by molar-refractivity contribution is -0.137. The third-order valence-corrected chi connectivity index (χ3v) is 5.24. The first-order chi connectivity index (χ1) is 14.2. The minimum Gasteiger partial charge on any atom is -0.459 e. The summed E-state index contributed by atoms with van der Waals surface area (Å²) in [7, 11) is 0. The first-order valence-corrected chi connectivity index (χ1v) is 9.42. The number of nitrogens with zero attached hydrogens (tertiary/aromatic N) is 4. The van der Waals surface area contributed by atoms with Crippen molar-refractivity contribution in [2.75, 3.05) is 26.2 Å². The number of piperazine rings is 1. The maximum atomic E-state index is 13.2. The Morgan fingerprint density at radius 1 is 1.13 bits per heavy atom. The van der Waals surface area contributed by atoms with Gasteiger partial charge >= 0.3 is 6.18 Å². The molecule has 4 heterocycles. The Morgan fingerprint density at radius 2 is 1.77 bits per heavy atom. The molecule has 0 aromatic carbocycles. The Kier molecular flexibility index (Phi) is 4.97. The Morgan fingerprint density at radius 3 is 2.33 bits per heavy atom. The third-order valence-electron chi connectivity index (χ3n) is 4.97. The molecule has 158 valence electrons. The van der Waals surface area contributed by atoms with Crippen LogP contribution in [0.2, 0.25) is 5.02 Å². The molecule has 0 aliphatic carbocycles. The number of rotatable bonds is 2. The number of imidazole rings is 1. The second kappa shape index (κ2) is 7.35. The second-order valence-corrected chi connectivity index (χ2v) is 7.28. The summed E-state index contributed by atoms with van der Waals surface area (Å²) in [5.41, 5.74) is -0.600. The van der Waals surface area contributed by atoms with E-state index in [9.17, 15) is 22.8 Å². The van der Waals surface area contributed by atoms with Gasteiger partial charge in [0.2, 0.25) is 0 Å². The average Bonchev–Trinajstić information content (AvgIpc) is 3.34. The summed E-state index contributed by atoms with van der Waals surface area (Å²) in [5, 5.41) is -0.194. The van der Waals surface area contributed by atoms with Gasteiger partial charge in [0.25, 0.3) is 11.8 Å². The number of amides is 2. The van der Waals surface area contributed by atoms with Gasteiger partial charge in [-0.1, -0.05) is 11.6 Å². The normalized spacial score (nSPS) is 15.1. The first kappa shape index (κ1) is 20.3. The van der Waals surface area contributed by atoms with Gasteiger partial charge in [0.1, 0.15) is 5.69 Å². The van der Waals surface area contributed by atoms with Gasteiger partial charge in [-0.15, -0.1) is 0 Å². The van der Waals surface area contributed by atoms with E-state index in [1.54, 1.807) is 24.0 Å². The third kappa shape index (κ3) is 3.51. The zero-order valence-electron chi connectivity index (χ0n) is 15.7. The molecule has 11 heteroatoms. The van der Waals surface area contributed by atoms with E-state index in [1.165, 1.54) is 11.2 Å². The lowest BCUT2D eigenvalue weighted by Crippen LogP contribution is -2.50. The standard InChI is InChI=1S/C19H16ClF3N4O3/c1-11-15(27-10-12(19(21,22)23)9-13(20)16(27)24-11)18(29)26-6-4-25(5-7-26)17(28)14-3-2-8-30-14/h2-3,8-10H,4-7H2,1H3. The van der Waals surface area contributed by atoms with E-state index in [-0.39, 0.29) is 59.9 Å². The van der Waals surface area contributed by atoms with Crippen molar-refractivity contribution in [2.45, 2.75) is 13.1 Å². The van der Waals surface area contributed by atoms with E-state index in [0.717, 1.165) is 16.7 Å². The summed E-state index contributed by atoms with van der Waals surface area (Å²) in [6, 6.07) is 3.96. The van der Waals surface area contributed by atoms with Gasteiger partial charge in [-0.05, 0) is 25.1 Å². The summed E-state index contributed by atoms with van der Waals surface area (Å²) in [5.74, 6) is -0.540. The Bertz CT molecular complexity index is 1120. The predicted octanol–water partition coefficient (Wildman–Crippen LogP) is 3.51. The average molecular weight is 441 g/mol. The van der Waals surface area contributed by atoms with Crippen LogP contribution in [0, 0.1) is 6.92 Å². The molecule has 0 spiro atoms. The molecule has 0 bridgehead atoms. The molecule has 1 aliphatic heterocycles. The number of aromatic nitrogens is 2. The van der Waals surface area contributed by atoms with Gasteiger partial charge in [-0.2, -0.15) is 13.2 Å². The molecule has 0 saturated carbocycles. The van der Waals surface area contributed by atoms with E-state index >= 15 is 0 Å². The zero-order chi connectivity index (χ0) is 21.6. The largest absolute Gasteiger partial charge is 0.459 e. The van der Waals surface area contributed by atoms with Crippen molar-refractivity contribution in [1.29, 1.82) is 0 Å². The molecule has 1 fully saturated rings. The van der Waals surface area contributed by atoms with Crippen LogP contribution in [0.15, 0.2) is 35.1 Å². The molecule has 4 rings (SSSR count). The highest BCUT2D eigenvalue weighted by molar-refractivity contribution is 6.33. The monoisotopic (exact) mass is 440 g/mol. The SMILES string of the molecule is Cc1nc2c(Cl)cc(C(F)(F)F)cn2c1C(=O)N1CCN(C(=O)c2ccco2)CC1. The zero-order valence-corrected chi connectivity index (χ0v) is 16.5. The van der Waals surface area contributed by atoms with Crippen LogP contribution in [0.25, 0.3) is 5.65 Å². The number of alkyl halides is 3. The fourth-order valence-corrected chi connectivity index (χ4v) is 3.70. The van der Waals surface area contributed by atoms with Crippen LogP contribution in [0.1, 0.15) is 32.3 Å². The number of hydrogen-bond acceptors (Lipinski definition) is 4. The lowest BCUT2D eigenvalue weighted by atomic mass is 10.2. The van der Waals surface area contributed by atoms with Crippen molar-refractivity contribution < 1.29 is 27.2 Å². The van der Waals surface area contributed by atoms with E-state index < -0.39 is 17.6 Å². The van der Waals surface area contributed by atoms with E-state index in [0.29, 0.717) is 0 Å². The number of halogens is 4. The van der Waals surface area contributed by atoms with Crippen LogP contribution >= 0.6 is 11.6 Å². The number of aryl methyl sites for hydroxylation is 1. The van der Waals surface area contributed by atoms with Crippen LogP contribution in [-0.4, -0.2) is 57.2 Å². The highest BCUT2D eigenvalue weighted by Crippen LogP contribution is 2.33. The van der Waals surface area contributed by atoms with Crippen molar-refractivity contribution >= 4 is 29.1 Å². The molecule has 7 nitrogen and oxygen atoms in total. The Hall–Kier alpha value is -3.01. The summed E-state index contributed by atoms with van der Waals surface area (Å²) in [4.78, 5) is 32.7. The maximum absolute atomic E-state index is 13.2. The molecule has 3 aromatic heterocycles. The minimum atomic E-state index is -4.62. The number of furan rings is 1. The number of carbonyl (C=O) groups is 2. The maximum Gasteiger partial charge on any atom is 0.417 e. The predicted molar refractivity (Wildman–Crippen MR) is 100 cm³/mol. The highest BCUT2D eigenvalue weighted by Gasteiger charge is 2.34. The lowest BCUT2D eigenvalue weighted by Gasteiger charge is -2.34. The molecule has 0 atom stereocenters. The van der Waals surface area contributed by atoms with Crippen LogP contribution in [0.5, 0.6) is 0 Å². The molecule has 0 N–H and O–H groups in total. The van der Waals surface area contributed by atoms with Gasteiger partial charge in [0.05, 0.1) is 22.5 Å². The van der Waals surface area contributed by atoms with E-state index in [4.69, 9.17) is 16.0 Å². The summed E-state index contributed by atoms with van der Waals surface area (Å²) in [6.07, 6.45) is -2.39. The second-order valence-electron chi connectivity index (χ2n) is 6.88. The highest BCUT2D eigenvalue weighted by atomic mass is 35.5. The first-order valence-electron chi connectivity index (χ1n) is 9.04. The van der Waals surface area contributed by atoms with Crippen molar-refractivity contribution in [3.63, 3.8) is 0 Å². The van der Waals surface area contributed by atoms with E-state index in [1.807, 2.05) is 0 Å². The van der Waals surface area contributed by atoms with Crippen LogP contribution < -0.4 is 0 Å². The number of pyridine rings is 1. The quantitative estimate of drug-likeness (QED) is 0.611. The van der Waals surface area contributed by atoms with Crippen LogP contribution in [-0.2, 0) is 6.18 Å². The molecule has 3 aromatic rings. The smallest absolute Gasteiger partial charge is 0.417 e. The fourth-order valence-electron chi connectivity index (χ4n) is 3.45. The summed E-state index contributed by atoms with van der Waals surface area (Å²) in [6.45, 7) is 2.54. The van der Waals surface area contributed by atoms with Crippen molar-refractivity contribution in [3.8, 4) is 0 Å². The Balaban J connectivity index is 1.59. The molecule has 30 heavy (non-hydrogen) atoms. The number of hydrogen-bond donors (Lipinski definition) is 0. The van der Waals surface area contributed by atoms with Crippen LogP contribution in [0.3, 0.4) is 0 Å². The van der Waals surface area contributed by atoms with Gasteiger partial charge in [0, 0.05) is 32.4 Å². The molecule has 1 aliphatic rings. The molecule has 0 radical (unpaired) electrons. The van der Waals surface area contributed by atoms with Gasteiger partial charge in [0.15, 0.2) is 11.4 Å².